The van der Waals surface area contributed by atoms with Crippen LogP contribution >= 0.6 is 24.0 Å². The van der Waals surface area contributed by atoms with E-state index in [2.05, 4.69) is 16.8 Å². The fourth-order valence-electron chi connectivity index (χ4n) is 2.51. The molecule has 1 aromatic carbocycles. The van der Waals surface area contributed by atoms with Crippen LogP contribution in [0, 0.1) is 11.7 Å². The number of ether oxygens (including phenoxy) is 1. The molecule has 124 valence electrons. The largest absolute Gasteiger partial charge is 0.486 e. The zero-order valence-electron chi connectivity index (χ0n) is 13.2. The Morgan fingerprint density at radius 2 is 2.23 bits per heavy atom. The molecular weight excluding hydrogens is 396 g/mol. The standard InChI is InChI=1S/C16H24FN3O.HI/c1-12-6-5-9-20(11-12)16(18)19-10-13(2)21-15-8-4-3-7-14(15)17;/h3-4,7-8,12-13H,5-6,9-11H2,1-2H3,(H2,18,19);1H. The molecule has 1 aromatic rings. The van der Waals surface area contributed by atoms with Crippen LogP contribution in [0.2, 0.25) is 0 Å². The molecule has 0 amide bonds. The normalized spacial score (nSPS) is 20.2. The number of para-hydroxylation sites is 1. The molecule has 0 saturated carbocycles. The van der Waals surface area contributed by atoms with E-state index in [-0.39, 0.29) is 41.6 Å². The number of hydrogen-bond acceptors (Lipinski definition) is 2. The lowest BCUT2D eigenvalue weighted by Crippen LogP contribution is -2.43. The average molecular weight is 421 g/mol. The van der Waals surface area contributed by atoms with Gasteiger partial charge < -0.3 is 15.4 Å². The predicted octanol–water partition coefficient (Wildman–Crippen LogP) is 3.26. The van der Waals surface area contributed by atoms with Crippen molar-refractivity contribution in [2.75, 3.05) is 19.6 Å². The van der Waals surface area contributed by atoms with Crippen molar-refractivity contribution in [2.45, 2.75) is 32.8 Å². The van der Waals surface area contributed by atoms with Crippen molar-refractivity contribution in [1.29, 1.82) is 0 Å². The van der Waals surface area contributed by atoms with E-state index in [0.717, 1.165) is 19.5 Å². The number of benzene rings is 1. The summed E-state index contributed by atoms with van der Waals surface area (Å²) in [5.41, 5.74) is 6.03. The second-order valence-electron chi connectivity index (χ2n) is 5.75. The minimum absolute atomic E-state index is 0. The molecule has 1 aliphatic rings. The van der Waals surface area contributed by atoms with E-state index >= 15 is 0 Å². The molecular formula is C16H25FIN3O. The van der Waals surface area contributed by atoms with Gasteiger partial charge in [0.15, 0.2) is 17.5 Å². The molecule has 0 bridgehead atoms. The molecule has 1 aliphatic heterocycles. The number of halogens is 2. The van der Waals surface area contributed by atoms with Crippen molar-refractivity contribution in [2.24, 2.45) is 16.6 Å². The van der Waals surface area contributed by atoms with Gasteiger partial charge >= 0.3 is 0 Å². The highest BCUT2D eigenvalue weighted by Gasteiger charge is 2.17. The summed E-state index contributed by atoms with van der Waals surface area (Å²) in [7, 11) is 0. The summed E-state index contributed by atoms with van der Waals surface area (Å²) >= 11 is 0. The minimum Gasteiger partial charge on any atom is -0.486 e. The number of piperidine rings is 1. The summed E-state index contributed by atoms with van der Waals surface area (Å²) in [4.78, 5) is 6.50. The fraction of sp³-hybridized carbons (Fsp3) is 0.562. The van der Waals surface area contributed by atoms with Gasteiger partial charge in [-0.15, -0.1) is 24.0 Å². The highest BCUT2D eigenvalue weighted by Crippen LogP contribution is 2.17. The zero-order chi connectivity index (χ0) is 15.2. The van der Waals surface area contributed by atoms with Crippen LogP contribution < -0.4 is 10.5 Å². The summed E-state index contributed by atoms with van der Waals surface area (Å²) in [6.07, 6.45) is 2.18. The average Bonchev–Trinajstić information content (AvgIpc) is 2.47. The maximum Gasteiger partial charge on any atom is 0.191 e. The minimum atomic E-state index is -0.355. The van der Waals surface area contributed by atoms with Crippen molar-refractivity contribution in [3.05, 3.63) is 30.1 Å². The van der Waals surface area contributed by atoms with Gasteiger partial charge in [-0.3, -0.25) is 0 Å². The molecule has 2 atom stereocenters. The van der Waals surface area contributed by atoms with E-state index in [0.29, 0.717) is 18.4 Å². The first-order chi connectivity index (χ1) is 10.1. The Morgan fingerprint density at radius 3 is 2.91 bits per heavy atom. The molecule has 1 fully saturated rings. The third-order valence-corrected chi connectivity index (χ3v) is 3.66. The van der Waals surface area contributed by atoms with Crippen LogP contribution in [0.25, 0.3) is 0 Å². The summed E-state index contributed by atoms with van der Waals surface area (Å²) in [6, 6.07) is 6.39. The molecule has 1 saturated heterocycles. The van der Waals surface area contributed by atoms with Crippen molar-refractivity contribution in [3.8, 4) is 5.75 Å². The molecule has 0 aliphatic carbocycles. The van der Waals surface area contributed by atoms with Gasteiger partial charge in [0, 0.05) is 13.1 Å². The fourth-order valence-corrected chi connectivity index (χ4v) is 2.51. The molecule has 2 rings (SSSR count). The van der Waals surface area contributed by atoms with Crippen LogP contribution in [0.4, 0.5) is 4.39 Å². The Morgan fingerprint density at radius 1 is 1.50 bits per heavy atom. The van der Waals surface area contributed by atoms with Gasteiger partial charge in [0.2, 0.25) is 0 Å². The number of nitrogens with two attached hydrogens (primary N) is 1. The van der Waals surface area contributed by atoms with E-state index in [1.165, 1.54) is 12.5 Å². The SMILES string of the molecule is CC1CCCN(C(N)=NCC(C)Oc2ccccc2F)C1.I. The van der Waals surface area contributed by atoms with Gasteiger partial charge in [-0.25, -0.2) is 9.38 Å². The number of hydrogen-bond donors (Lipinski definition) is 1. The second-order valence-corrected chi connectivity index (χ2v) is 5.75. The number of nitrogens with zero attached hydrogens (tertiary/aromatic N) is 2. The summed E-state index contributed by atoms with van der Waals surface area (Å²) in [5, 5.41) is 0. The third-order valence-electron chi connectivity index (χ3n) is 3.66. The molecule has 0 radical (unpaired) electrons. The van der Waals surface area contributed by atoms with Gasteiger partial charge in [0.1, 0.15) is 6.10 Å². The molecule has 0 spiro atoms. The maximum absolute atomic E-state index is 13.5. The lowest BCUT2D eigenvalue weighted by molar-refractivity contribution is 0.218. The molecule has 4 nitrogen and oxygen atoms in total. The summed E-state index contributed by atoms with van der Waals surface area (Å²) in [5.74, 6) is 1.11. The summed E-state index contributed by atoms with van der Waals surface area (Å²) in [6.45, 7) is 6.43. The lowest BCUT2D eigenvalue weighted by atomic mass is 10.0. The second kappa shape index (κ2) is 9.17. The molecule has 2 N–H and O–H groups in total. The maximum atomic E-state index is 13.5. The monoisotopic (exact) mass is 421 g/mol. The summed E-state index contributed by atoms with van der Waals surface area (Å²) < 4.78 is 19.0. The van der Waals surface area contributed by atoms with Crippen LogP contribution in [-0.4, -0.2) is 36.6 Å². The Kier molecular flexibility index (Phi) is 7.92. The first kappa shape index (κ1) is 19.0. The number of guanidine groups is 1. The topological polar surface area (TPSA) is 50.8 Å². The molecule has 1 heterocycles. The van der Waals surface area contributed by atoms with Gasteiger partial charge in [-0.2, -0.15) is 0 Å². The van der Waals surface area contributed by atoms with Crippen LogP contribution in [0.1, 0.15) is 26.7 Å². The van der Waals surface area contributed by atoms with Crippen LogP contribution in [-0.2, 0) is 0 Å². The zero-order valence-corrected chi connectivity index (χ0v) is 15.5. The first-order valence-electron chi connectivity index (χ1n) is 7.52. The van der Waals surface area contributed by atoms with Crippen molar-refractivity contribution in [3.63, 3.8) is 0 Å². The Bertz CT molecular complexity index is 498. The van der Waals surface area contributed by atoms with Crippen molar-refractivity contribution >= 4 is 29.9 Å². The predicted molar refractivity (Wildman–Crippen MR) is 98.4 cm³/mol. The van der Waals surface area contributed by atoms with Crippen LogP contribution in [0.3, 0.4) is 0 Å². The van der Waals surface area contributed by atoms with Crippen LogP contribution in [0.15, 0.2) is 29.3 Å². The van der Waals surface area contributed by atoms with Gasteiger partial charge in [0.05, 0.1) is 6.54 Å². The van der Waals surface area contributed by atoms with Crippen molar-refractivity contribution < 1.29 is 9.13 Å². The lowest BCUT2D eigenvalue weighted by Gasteiger charge is -2.31. The van der Waals surface area contributed by atoms with E-state index < -0.39 is 0 Å². The third kappa shape index (κ3) is 5.62. The molecule has 2 unspecified atom stereocenters. The van der Waals surface area contributed by atoms with Crippen LogP contribution in [0.5, 0.6) is 5.75 Å². The highest BCUT2D eigenvalue weighted by atomic mass is 127. The Labute approximate surface area is 148 Å². The van der Waals surface area contributed by atoms with Gasteiger partial charge in [-0.05, 0) is 37.8 Å². The Hall–Kier alpha value is -1.05. The first-order valence-corrected chi connectivity index (χ1v) is 7.52. The van der Waals surface area contributed by atoms with E-state index in [1.807, 2.05) is 6.92 Å². The molecule has 22 heavy (non-hydrogen) atoms. The number of rotatable bonds is 4. The highest BCUT2D eigenvalue weighted by molar-refractivity contribution is 14.0. The van der Waals surface area contributed by atoms with Crippen molar-refractivity contribution in [1.82, 2.24) is 4.90 Å². The molecule has 6 heteroatoms. The Balaban J connectivity index is 0.00000242. The van der Waals surface area contributed by atoms with E-state index in [9.17, 15) is 4.39 Å². The van der Waals surface area contributed by atoms with Gasteiger partial charge in [0.25, 0.3) is 0 Å². The molecule has 0 aromatic heterocycles. The quantitative estimate of drug-likeness (QED) is 0.462. The number of aliphatic imine (C=N–C) groups is 1. The smallest absolute Gasteiger partial charge is 0.191 e. The number of likely N-dealkylation sites (tertiary alicyclic amines) is 1. The van der Waals surface area contributed by atoms with E-state index in [1.54, 1.807) is 18.2 Å². The van der Waals surface area contributed by atoms with Gasteiger partial charge in [-0.1, -0.05) is 19.1 Å². The van der Waals surface area contributed by atoms with E-state index in [4.69, 9.17) is 10.5 Å².